The zero-order chi connectivity index (χ0) is 30.2. The van der Waals surface area contributed by atoms with Crippen molar-refractivity contribution in [2.24, 2.45) is 0 Å². The first-order valence-corrected chi connectivity index (χ1v) is 12.4. The molecule has 1 aromatic heterocycles. The molecule has 4 heterocycles. The Kier molecular flexibility index (Phi) is 7.94. The molecule has 3 aliphatic heterocycles. The summed E-state index contributed by atoms with van der Waals surface area (Å²) in [5.74, 6) is -4.41. The lowest BCUT2D eigenvalue weighted by atomic mass is 10.0. The van der Waals surface area contributed by atoms with Gasteiger partial charge in [-0.15, -0.1) is 0 Å². The number of piperazine rings is 1. The number of anilines is 2. The highest BCUT2D eigenvalue weighted by Crippen LogP contribution is 2.36. The minimum Gasteiger partial charge on any atom is -0.475 e. The summed E-state index contributed by atoms with van der Waals surface area (Å²) in [6.45, 7) is 5.63. The van der Waals surface area contributed by atoms with E-state index in [4.69, 9.17) is 9.90 Å². The van der Waals surface area contributed by atoms with E-state index >= 15 is 4.39 Å². The van der Waals surface area contributed by atoms with E-state index < -0.39 is 47.6 Å². The van der Waals surface area contributed by atoms with Gasteiger partial charge in [-0.2, -0.15) is 13.2 Å². The first-order valence-electron chi connectivity index (χ1n) is 12.4. The molecule has 1 unspecified atom stereocenters. The van der Waals surface area contributed by atoms with Crippen molar-refractivity contribution in [3.05, 3.63) is 46.7 Å². The van der Waals surface area contributed by atoms with Crippen molar-refractivity contribution in [3.63, 3.8) is 0 Å². The number of hydrogen-bond donors (Lipinski definition) is 2. The van der Waals surface area contributed by atoms with Crippen LogP contribution in [0, 0.1) is 19.7 Å². The molecule has 16 heteroatoms. The molecule has 0 spiro atoms. The van der Waals surface area contributed by atoms with E-state index in [0.29, 0.717) is 32.0 Å². The Morgan fingerprint density at radius 3 is 2.17 bits per heavy atom. The van der Waals surface area contributed by atoms with Gasteiger partial charge in [0.2, 0.25) is 11.8 Å². The zero-order valence-corrected chi connectivity index (χ0v) is 21.8. The maximum atomic E-state index is 15.1. The summed E-state index contributed by atoms with van der Waals surface area (Å²) in [4.78, 5) is 72.6. The molecule has 41 heavy (non-hydrogen) atoms. The number of aliphatic carboxylic acids is 1. The summed E-state index contributed by atoms with van der Waals surface area (Å²) in [6.07, 6.45) is -5.01. The lowest BCUT2D eigenvalue weighted by Crippen LogP contribution is -2.54. The molecule has 0 radical (unpaired) electrons. The van der Waals surface area contributed by atoms with Crippen LogP contribution >= 0.6 is 0 Å². The molecular weight excluding hydrogens is 556 g/mol. The summed E-state index contributed by atoms with van der Waals surface area (Å²) in [7, 11) is 0. The van der Waals surface area contributed by atoms with Gasteiger partial charge >= 0.3 is 12.1 Å². The van der Waals surface area contributed by atoms with Crippen molar-refractivity contribution in [1.29, 1.82) is 0 Å². The molecule has 1 atom stereocenters. The van der Waals surface area contributed by atoms with Crippen LogP contribution in [-0.2, 0) is 14.4 Å². The number of hydrogen-bond acceptors (Lipinski definition) is 9. The Morgan fingerprint density at radius 1 is 1.00 bits per heavy atom. The Morgan fingerprint density at radius 2 is 1.61 bits per heavy atom. The number of rotatable bonds is 3. The van der Waals surface area contributed by atoms with E-state index in [1.165, 1.54) is 12.1 Å². The molecule has 2 aromatic rings. The molecule has 1 aromatic carbocycles. The van der Waals surface area contributed by atoms with Crippen molar-refractivity contribution in [1.82, 2.24) is 20.2 Å². The van der Waals surface area contributed by atoms with E-state index in [1.807, 2.05) is 19.9 Å². The predicted molar refractivity (Wildman–Crippen MR) is 133 cm³/mol. The Bertz CT molecular complexity index is 1420. The number of carbonyl (C=O) groups is 5. The first-order chi connectivity index (χ1) is 19.2. The van der Waals surface area contributed by atoms with E-state index in [-0.39, 0.29) is 29.7 Å². The number of fused-ring (bicyclic) bond motifs is 1. The molecular formula is C25H24F4N6O6. The van der Waals surface area contributed by atoms with Gasteiger partial charge in [0.1, 0.15) is 23.5 Å². The third-order valence-corrected chi connectivity index (χ3v) is 6.65. The molecule has 218 valence electrons. The van der Waals surface area contributed by atoms with Gasteiger partial charge in [0, 0.05) is 44.4 Å². The summed E-state index contributed by atoms with van der Waals surface area (Å²) in [5.41, 5.74) is 0.960. The number of nitrogens with one attached hydrogen (secondary N) is 1. The molecule has 3 aliphatic rings. The largest absolute Gasteiger partial charge is 0.490 e. The molecule has 0 saturated carbocycles. The smallest absolute Gasteiger partial charge is 0.475 e. The van der Waals surface area contributed by atoms with E-state index in [1.54, 1.807) is 4.90 Å². The normalized spacial score (nSPS) is 19.1. The fraction of sp³-hybridized carbons (Fsp3) is 0.400. The number of carbonyl (C=O) groups excluding carboxylic acids is 4. The van der Waals surface area contributed by atoms with E-state index in [9.17, 15) is 32.3 Å². The van der Waals surface area contributed by atoms with Crippen LogP contribution in [0.3, 0.4) is 0 Å². The quantitative estimate of drug-likeness (QED) is 0.404. The van der Waals surface area contributed by atoms with Crippen molar-refractivity contribution in [3.8, 4) is 0 Å². The van der Waals surface area contributed by atoms with Crippen LogP contribution in [-0.4, -0.2) is 88.0 Å². The summed E-state index contributed by atoms with van der Waals surface area (Å²) >= 11 is 0. The fourth-order valence-corrected chi connectivity index (χ4v) is 4.84. The lowest BCUT2D eigenvalue weighted by Gasteiger charge is -2.37. The molecule has 0 bridgehead atoms. The molecule has 2 N–H and O–H groups in total. The fourth-order valence-electron chi connectivity index (χ4n) is 4.84. The van der Waals surface area contributed by atoms with Crippen molar-refractivity contribution >= 4 is 41.1 Å². The van der Waals surface area contributed by atoms with Crippen LogP contribution in [0.4, 0.5) is 29.1 Å². The number of nitrogens with zero attached hydrogens (tertiary/aromatic N) is 5. The third-order valence-electron chi connectivity index (χ3n) is 6.65. The van der Waals surface area contributed by atoms with Crippen LogP contribution in [0.15, 0.2) is 18.2 Å². The highest BCUT2D eigenvalue weighted by molar-refractivity contribution is 6.25. The topological polar surface area (TPSA) is 153 Å². The number of benzene rings is 1. The van der Waals surface area contributed by atoms with Crippen LogP contribution in [0.5, 0.6) is 0 Å². The number of amides is 4. The van der Waals surface area contributed by atoms with Crippen LogP contribution in [0.1, 0.15) is 45.1 Å². The summed E-state index contributed by atoms with van der Waals surface area (Å²) in [5, 5.41) is 9.29. The third kappa shape index (κ3) is 5.95. The number of imide groups is 2. The van der Waals surface area contributed by atoms with E-state index in [2.05, 4.69) is 20.2 Å². The summed E-state index contributed by atoms with van der Waals surface area (Å²) < 4.78 is 46.8. The Labute approximate surface area is 229 Å². The SMILES string of the molecule is Cc1cc(N2CCN(c3c(F)ccc4c3C(=O)N(C3CCC(=O)NC3=O)C4=O)CC2)nc(C)n1.O=C(O)C(F)(F)F. The molecule has 12 nitrogen and oxygen atoms in total. The van der Waals surface area contributed by atoms with Crippen molar-refractivity contribution in [2.45, 2.75) is 38.9 Å². The van der Waals surface area contributed by atoms with Gasteiger partial charge in [0.05, 0.1) is 16.8 Å². The lowest BCUT2D eigenvalue weighted by molar-refractivity contribution is -0.192. The molecule has 4 amide bonds. The number of aromatic nitrogens is 2. The molecule has 0 aliphatic carbocycles. The van der Waals surface area contributed by atoms with Gasteiger partial charge < -0.3 is 14.9 Å². The van der Waals surface area contributed by atoms with Gasteiger partial charge in [-0.3, -0.25) is 29.4 Å². The average molecular weight is 580 g/mol. The minimum absolute atomic E-state index is 0.0228. The average Bonchev–Trinajstić information content (AvgIpc) is 3.13. The second-order valence-electron chi connectivity index (χ2n) is 9.46. The van der Waals surface area contributed by atoms with Crippen LogP contribution < -0.4 is 15.1 Å². The summed E-state index contributed by atoms with van der Waals surface area (Å²) in [6, 6.07) is 3.26. The predicted octanol–water partition coefficient (Wildman–Crippen LogP) is 1.59. The van der Waals surface area contributed by atoms with Gasteiger partial charge in [-0.1, -0.05) is 0 Å². The number of halogens is 4. The Hall–Kier alpha value is -4.63. The second kappa shape index (κ2) is 11.1. The van der Waals surface area contributed by atoms with Crippen LogP contribution in [0.2, 0.25) is 0 Å². The van der Waals surface area contributed by atoms with Crippen molar-refractivity contribution < 1.29 is 46.6 Å². The maximum Gasteiger partial charge on any atom is 0.490 e. The van der Waals surface area contributed by atoms with Gasteiger partial charge in [0.25, 0.3) is 11.8 Å². The number of piperidine rings is 1. The number of carboxylic acids is 1. The Balaban J connectivity index is 0.000000493. The number of carboxylic acid groups (broad SMARTS) is 1. The number of alkyl halides is 3. The first kappa shape index (κ1) is 29.4. The highest BCUT2D eigenvalue weighted by atomic mass is 19.4. The molecule has 2 saturated heterocycles. The van der Waals surface area contributed by atoms with Gasteiger partial charge in [-0.05, 0) is 32.4 Å². The maximum absolute atomic E-state index is 15.1. The van der Waals surface area contributed by atoms with Gasteiger partial charge in [0.15, 0.2) is 0 Å². The van der Waals surface area contributed by atoms with Crippen molar-refractivity contribution in [2.75, 3.05) is 36.0 Å². The standard InChI is InChI=1S/C23H23FN6O4.C2HF3O2/c1-12-11-17(26-13(2)25-12)28-7-9-29(10-8-28)20-15(24)4-3-14-19(20)23(34)30(22(14)33)16-5-6-18(31)27-21(16)32;3-2(4,5)1(6)7/h3-4,11,16H,5-10H2,1-2H3,(H,27,31,32);(H,6,7). The highest BCUT2D eigenvalue weighted by Gasteiger charge is 2.47. The minimum atomic E-state index is -5.08. The monoisotopic (exact) mass is 580 g/mol. The molecule has 5 rings (SSSR count). The number of aryl methyl sites for hydroxylation is 2. The van der Waals surface area contributed by atoms with Crippen LogP contribution in [0.25, 0.3) is 0 Å². The van der Waals surface area contributed by atoms with Gasteiger partial charge in [-0.25, -0.2) is 19.2 Å². The zero-order valence-electron chi connectivity index (χ0n) is 21.8. The molecule has 2 fully saturated rings. The second-order valence-corrected chi connectivity index (χ2v) is 9.46. The van der Waals surface area contributed by atoms with E-state index in [0.717, 1.165) is 16.4 Å².